The van der Waals surface area contributed by atoms with E-state index in [4.69, 9.17) is 4.74 Å². The van der Waals surface area contributed by atoms with E-state index < -0.39 is 0 Å². The smallest absolute Gasteiger partial charge is 0.0777 e. The molecule has 0 bridgehead atoms. The van der Waals surface area contributed by atoms with Gasteiger partial charge in [-0.2, -0.15) is 5.10 Å². The van der Waals surface area contributed by atoms with Gasteiger partial charge in [-0.3, -0.25) is 4.68 Å². The van der Waals surface area contributed by atoms with Crippen molar-refractivity contribution in [1.29, 1.82) is 0 Å². The molecule has 0 saturated carbocycles. The molecule has 84 valence electrons. The topological polar surface area (TPSA) is 39.1 Å². The van der Waals surface area contributed by atoms with Gasteiger partial charge in [0.2, 0.25) is 0 Å². The third-order valence-corrected chi connectivity index (χ3v) is 2.86. The monoisotopic (exact) mass is 209 g/mol. The van der Waals surface area contributed by atoms with Crippen molar-refractivity contribution >= 4 is 0 Å². The summed E-state index contributed by atoms with van der Waals surface area (Å²) in [5.74, 6) is 0. The Balaban J connectivity index is 1.95. The lowest BCUT2D eigenvalue weighted by molar-refractivity contribution is 0.184. The quantitative estimate of drug-likeness (QED) is 0.735. The van der Waals surface area contributed by atoms with Crippen LogP contribution in [0.25, 0.3) is 0 Å². The first kappa shape index (κ1) is 10.6. The van der Waals surface area contributed by atoms with Crippen molar-refractivity contribution in [3.8, 4) is 0 Å². The van der Waals surface area contributed by atoms with E-state index in [1.807, 2.05) is 13.2 Å². The second-order valence-electron chi connectivity index (χ2n) is 3.99. The van der Waals surface area contributed by atoms with Gasteiger partial charge in [0.15, 0.2) is 0 Å². The van der Waals surface area contributed by atoms with Crippen LogP contribution >= 0.6 is 0 Å². The maximum atomic E-state index is 5.39. The number of aromatic nitrogens is 2. The Morgan fingerprint density at radius 3 is 3.33 bits per heavy atom. The number of rotatable bonds is 5. The van der Waals surface area contributed by atoms with E-state index in [0.717, 1.165) is 39.0 Å². The van der Waals surface area contributed by atoms with E-state index in [1.54, 1.807) is 0 Å². The van der Waals surface area contributed by atoms with Gasteiger partial charge >= 0.3 is 0 Å². The molecule has 4 nitrogen and oxygen atoms in total. The standard InChI is InChI=1S/C11H19N3O/c1-12-6-2-3-10-4-7-13-14(10)11-5-8-15-9-11/h4,7,11-12H,2-3,5-6,8-9H2,1H3. The van der Waals surface area contributed by atoms with Crippen molar-refractivity contribution in [1.82, 2.24) is 15.1 Å². The van der Waals surface area contributed by atoms with Gasteiger partial charge in [-0.1, -0.05) is 0 Å². The van der Waals surface area contributed by atoms with Gasteiger partial charge < -0.3 is 10.1 Å². The second kappa shape index (κ2) is 5.28. The van der Waals surface area contributed by atoms with Crippen LogP contribution in [0.1, 0.15) is 24.6 Å². The highest BCUT2D eigenvalue weighted by molar-refractivity contribution is 5.02. The van der Waals surface area contributed by atoms with Crippen LogP contribution in [0, 0.1) is 0 Å². The molecule has 0 amide bonds. The van der Waals surface area contributed by atoms with Gasteiger partial charge in [0, 0.05) is 18.5 Å². The first-order valence-corrected chi connectivity index (χ1v) is 5.66. The molecule has 2 heterocycles. The average molecular weight is 209 g/mol. The fourth-order valence-corrected chi connectivity index (χ4v) is 2.03. The van der Waals surface area contributed by atoms with Crippen molar-refractivity contribution in [3.05, 3.63) is 18.0 Å². The molecule has 2 rings (SSSR count). The molecule has 1 unspecified atom stereocenters. The van der Waals surface area contributed by atoms with Crippen molar-refractivity contribution < 1.29 is 4.74 Å². The lowest BCUT2D eigenvalue weighted by Crippen LogP contribution is -2.15. The summed E-state index contributed by atoms with van der Waals surface area (Å²) in [7, 11) is 1.99. The van der Waals surface area contributed by atoms with Gasteiger partial charge in [-0.05, 0) is 38.9 Å². The summed E-state index contributed by atoms with van der Waals surface area (Å²) < 4.78 is 7.53. The van der Waals surface area contributed by atoms with Crippen LogP contribution < -0.4 is 5.32 Å². The molecule has 0 aromatic carbocycles. The molecule has 1 aliphatic rings. The summed E-state index contributed by atoms with van der Waals surface area (Å²) in [6.07, 6.45) is 5.25. The Bertz CT molecular complexity index is 292. The molecule has 1 atom stereocenters. The van der Waals surface area contributed by atoms with Crippen LogP contribution in [-0.4, -0.2) is 36.6 Å². The van der Waals surface area contributed by atoms with E-state index in [9.17, 15) is 0 Å². The predicted octanol–water partition coefficient (Wildman–Crippen LogP) is 0.996. The molecule has 15 heavy (non-hydrogen) atoms. The largest absolute Gasteiger partial charge is 0.379 e. The van der Waals surface area contributed by atoms with Crippen molar-refractivity contribution in [2.45, 2.75) is 25.3 Å². The predicted molar refractivity (Wildman–Crippen MR) is 58.9 cm³/mol. The van der Waals surface area contributed by atoms with Crippen LogP contribution in [0.4, 0.5) is 0 Å². The number of nitrogens with one attached hydrogen (secondary N) is 1. The van der Waals surface area contributed by atoms with Gasteiger partial charge in [0.05, 0.1) is 12.6 Å². The van der Waals surface area contributed by atoms with Gasteiger partial charge in [0.1, 0.15) is 0 Å². The van der Waals surface area contributed by atoms with E-state index >= 15 is 0 Å². The third kappa shape index (κ3) is 2.58. The van der Waals surface area contributed by atoms with Crippen LogP contribution in [0.3, 0.4) is 0 Å². The zero-order valence-electron chi connectivity index (χ0n) is 9.28. The maximum Gasteiger partial charge on any atom is 0.0777 e. The number of hydrogen-bond acceptors (Lipinski definition) is 3. The Morgan fingerprint density at radius 2 is 2.60 bits per heavy atom. The summed E-state index contributed by atoms with van der Waals surface area (Å²) in [5.41, 5.74) is 1.33. The fraction of sp³-hybridized carbons (Fsp3) is 0.727. The first-order chi connectivity index (χ1) is 7.42. The van der Waals surface area contributed by atoms with Gasteiger partial charge in [-0.15, -0.1) is 0 Å². The van der Waals surface area contributed by atoms with Crippen LogP contribution in [-0.2, 0) is 11.2 Å². The Hall–Kier alpha value is -0.870. The highest BCUT2D eigenvalue weighted by atomic mass is 16.5. The number of aryl methyl sites for hydroxylation is 1. The number of ether oxygens (including phenoxy) is 1. The molecular formula is C11H19N3O. The van der Waals surface area contributed by atoms with E-state index in [-0.39, 0.29) is 0 Å². The van der Waals surface area contributed by atoms with Crippen molar-refractivity contribution in [2.24, 2.45) is 0 Å². The zero-order valence-corrected chi connectivity index (χ0v) is 9.28. The lowest BCUT2D eigenvalue weighted by Gasteiger charge is -2.12. The minimum atomic E-state index is 0.463. The summed E-state index contributed by atoms with van der Waals surface area (Å²) in [6.45, 7) is 2.76. The van der Waals surface area contributed by atoms with Crippen molar-refractivity contribution in [2.75, 3.05) is 26.8 Å². The Kier molecular flexibility index (Phi) is 3.75. The lowest BCUT2D eigenvalue weighted by atomic mass is 10.2. The highest BCUT2D eigenvalue weighted by Crippen LogP contribution is 2.20. The van der Waals surface area contributed by atoms with E-state index in [2.05, 4.69) is 21.2 Å². The third-order valence-electron chi connectivity index (χ3n) is 2.86. The molecule has 0 aliphatic carbocycles. The summed E-state index contributed by atoms with van der Waals surface area (Å²) in [5, 5.41) is 7.56. The molecule has 4 heteroatoms. The van der Waals surface area contributed by atoms with Crippen LogP contribution in [0.5, 0.6) is 0 Å². The van der Waals surface area contributed by atoms with Crippen molar-refractivity contribution in [3.63, 3.8) is 0 Å². The minimum Gasteiger partial charge on any atom is -0.379 e. The highest BCUT2D eigenvalue weighted by Gasteiger charge is 2.19. The normalized spacial score (nSPS) is 21.0. The second-order valence-corrected chi connectivity index (χ2v) is 3.99. The molecule has 1 N–H and O–H groups in total. The summed E-state index contributed by atoms with van der Waals surface area (Å²) in [4.78, 5) is 0. The van der Waals surface area contributed by atoms with Gasteiger partial charge in [0.25, 0.3) is 0 Å². The zero-order chi connectivity index (χ0) is 10.5. The number of nitrogens with zero attached hydrogens (tertiary/aromatic N) is 2. The first-order valence-electron chi connectivity index (χ1n) is 5.66. The van der Waals surface area contributed by atoms with Crippen LogP contribution in [0.15, 0.2) is 12.3 Å². The Labute approximate surface area is 90.6 Å². The molecule has 1 aromatic rings. The molecule has 1 aliphatic heterocycles. The van der Waals surface area contributed by atoms with Crippen LogP contribution in [0.2, 0.25) is 0 Å². The summed E-state index contributed by atoms with van der Waals surface area (Å²) in [6, 6.07) is 2.58. The Morgan fingerprint density at radius 1 is 1.67 bits per heavy atom. The van der Waals surface area contributed by atoms with Gasteiger partial charge in [-0.25, -0.2) is 0 Å². The molecule has 1 aromatic heterocycles. The molecule has 0 spiro atoms. The maximum absolute atomic E-state index is 5.39. The molecular weight excluding hydrogens is 190 g/mol. The fourth-order valence-electron chi connectivity index (χ4n) is 2.03. The minimum absolute atomic E-state index is 0.463. The summed E-state index contributed by atoms with van der Waals surface area (Å²) >= 11 is 0. The SMILES string of the molecule is CNCCCc1ccnn1C1CCOC1. The van der Waals surface area contributed by atoms with E-state index in [1.165, 1.54) is 5.69 Å². The molecule has 0 radical (unpaired) electrons. The van der Waals surface area contributed by atoms with E-state index in [0.29, 0.717) is 6.04 Å². The molecule has 1 saturated heterocycles. The number of hydrogen-bond donors (Lipinski definition) is 1. The molecule has 1 fully saturated rings. The average Bonchev–Trinajstić information content (AvgIpc) is 2.87.